The molecular formula is C19H16F2N4O3S. The highest BCUT2D eigenvalue weighted by molar-refractivity contribution is 7.99. The molecule has 4 rings (SSSR count). The van der Waals surface area contributed by atoms with Crippen molar-refractivity contribution in [2.24, 2.45) is 0 Å². The van der Waals surface area contributed by atoms with Gasteiger partial charge in [0.2, 0.25) is 5.16 Å². The summed E-state index contributed by atoms with van der Waals surface area (Å²) in [7, 11) is 1.55. The quantitative estimate of drug-likeness (QED) is 0.613. The molecule has 0 unspecified atom stereocenters. The van der Waals surface area contributed by atoms with E-state index >= 15 is 0 Å². The molecular weight excluding hydrogens is 402 g/mol. The molecule has 3 aromatic rings. The number of benzene rings is 2. The Morgan fingerprint density at radius 2 is 1.83 bits per heavy atom. The number of halogens is 2. The second kappa shape index (κ2) is 8.08. The summed E-state index contributed by atoms with van der Waals surface area (Å²) in [6, 6.07) is 10.6. The number of hydrogen-bond donors (Lipinski definition) is 0. The number of carbonyl (C=O) groups is 1. The zero-order chi connectivity index (χ0) is 20.4. The molecule has 2 heterocycles. The fourth-order valence-corrected chi connectivity index (χ4v) is 3.69. The summed E-state index contributed by atoms with van der Waals surface area (Å²) in [6.07, 6.45) is 0. The van der Waals surface area contributed by atoms with Gasteiger partial charge in [0.1, 0.15) is 29.7 Å². The van der Waals surface area contributed by atoms with Gasteiger partial charge in [-0.1, -0.05) is 23.9 Å². The van der Waals surface area contributed by atoms with Crippen LogP contribution in [0.25, 0.3) is 0 Å². The first kappa shape index (κ1) is 19.2. The number of fused-ring (bicyclic) bond motifs is 1. The maximum absolute atomic E-state index is 14.1. The molecule has 1 aliphatic heterocycles. The van der Waals surface area contributed by atoms with Gasteiger partial charge in [-0.3, -0.25) is 4.79 Å². The fraction of sp³-hybridized carbons (Fsp3) is 0.211. The highest BCUT2D eigenvalue weighted by Gasteiger charge is 2.30. The highest BCUT2D eigenvalue weighted by Crippen LogP contribution is 2.26. The minimum atomic E-state index is -0.722. The summed E-state index contributed by atoms with van der Waals surface area (Å²) in [5.74, 6) is -0.144. The Kier molecular flexibility index (Phi) is 5.34. The largest absolute Gasteiger partial charge is 0.497 e. The lowest BCUT2D eigenvalue weighted by Crippen LogP contribution is -2.45. The van der Waals surface area contributed by atoms with Crippen LogP contribution in [0.4, 0.5) is 8.78 Å². The number of thioether (sulfide) groups is 1. The van der Waals surface area contributed by atoms with Crippen LogP contribution < -0.4 is 14.5 Å². The van der Waals surface area contributed by atoms with Crippen molar-refractivity contribution in [2.75, 3.05) is 17.9 Å². The summed E-state index contributed by atoms with van der Waals surface area (Å²) in [4.78, 5) is 12.5. The second-order valence-electron chi connectivity index (χ2n) is 6.12. The molecule has 0 spiro atoms. The van der Waals surface area contributed by atoms with Gasteiger partial charge in [-0.05, 0) is 24.3 Å². The van der Waals surface area contributed by atoms with E-state index in [4.69, 9.17) is 9.47 Å². The van der Waals surface area contributed by atoms with Crippen molar-refractivity contribution in [3.05, 3.63) is 65.5 Å². The molecule has 0 fully saturated rings. The molecule has 1 aromatic heterocycles. The first-order chi connectivity index (χ1) is 14.1. The van der Waals surface area contributed by atoms with E-state index in [0.29, 0.717) is 22.5 Å². The Labute approximate surface area is 169 Å². The zero-order valence-corrected chi connectivity index (χ0v) is 16.2. The van der Waals surface area contributed by atoms with Crippen molar-refractivity contribution in [3.63, 3.8) is 0 Å². The normalized spacial score (nSPS) is 13.3. The number of amides is 1. The number of nitrogens with zero attached hydrogens (tertiary/aromatic N) is 4. The van der Waals surface area contributed by atoms with Gasteiger partial charge in [0.15, 0.2) is 5.82 Å². The van der Waals surface area contributed by atoms with E-state index < -0.39 is 11.6 Å². The van der Waals surface area contributed by atoms with Crippen molar-refractivity contribution in [2.45, 2.75) is 18.3 Å². The van der Waals surface area contributed by atoms with Crippen LogP contribution in [0.1, 0.15) is 11.4 Å². The van der Waals surface area contributed by atoms with E-state index in [2.05, 4.69) is 10.2 Å². The van der Waals surface area contributed by atoms with Crippen LogP contribution in [-0.2, 0) is 17.9 Å². The van der Waals surface area contributed by atoms with Gasteiger partial charge in [-0.2, -0.15) is 0 Å². The van der Waals surface area contributed by atoms with Crippen molar-refractivity contribution < 1.29 is 23.0 Å². The lowest BCUT2D eigenvalue weighted by atomic mass is 10.2. The number of aromatic nitrogens is 3. The van der Waals surface area contributed by atoms with Gasteiger partial charge in [-0.25, -0.2) is 18.5 Å². The zero-order valence-electron chi connectivity index (χ0n) is 15.3. The molecule has 0 saturated carbocycles. The summed E-state index contributed by atoms with van der Waals surface area (Å²) < 4.78 is 40.6. The molecule has 1 amide bonds. The molecule has 150 valence electrons. The van der Waals surface area contributed by atoms with Crippen molar-refractivity contribution in [1.29, 1.82) is 0 Å². The molecule has 10 heteroatoms. The van der Waals surface area contributed by atoms with Gasteiger partial charge >= 0.3 is 0 Å². The smallest absolute Gasteiger partial charge is 0.252 e. The highest BCUT2D eigenvalue weighted by atomic mass is 32.2. The molecule has 7 nitrogen and oxygen atoms in total. The average molecular weight is 418 g/mol. The summed E-state index contributed by atoms with van der Waals surface area (Å²) in [5, 5.41) is 9.83. The van der Waals surface area contributed by atoms with Crippen LogP contribution in [0, 0.1) is 11.6 Å². The number of methoxy groups -OCH3 is 1. The molecule has 0 bridgehead atoms. The standard InChI is InChI=1S/C19H16F2N4O3S/c1-27-12-4-2-5-13(8-12)28-10-17-22-23-19-25(17)24(18(26)11-29-19)9-14-15(20)6-3-7-16(14)21/h2-8H,9-11H2,1H3. The number of carbonyl (C=O) groups excluding carboxylic acids is 1. The molecule has 0 aliphatic carbocycles. The molecule has 2 aromatic carbocycles. The minimum Gasteiger partial charge on any atom is -0.497 e. The Morgan fingerprint density at radius 3 is 2.59 bits per heavy atom. The molecule has 0 radical (unpaired) electrons. The van der Waals surface area contributed by atoms with Crippen LogP contribution in [-0.4, -0.2) is 33.6 Å². The van der Waals surface area contributed by atoms with Crippen LogP contribution in [0.5, 0.6) is 11.5 Å². The van der Waals surface area contributed by atoms with E-state index in [1.54, 1.807) is 31.4 Å². The predicted octanol–water partition coefficient (Wildman–Crippen LogP) is 2.91. The van der Waals surface area contributed by atoms with Crippen LogP contribution in [0.2, 0.25) is 0 Å². The van der Waals surface area contributed by atoms with Crippen molar-refractivity contribution in [1.82, 2.24) is 14.9 Å². The number of hydrogen-bond acceptors (Lipinski definition) is 6. The second-order valence-corrected chi connectivity index (χ2v) is 7.06. The van der Waals surface area contributed by atoms with Gasteiger partial charge < -0.3 is 9.47 Å². The molecule has 0 saturated heterocycles. The van der Waals surface area contributed by atoms with Gasteiger partial charge in [0.25, 0.3) is 5.91 Å². The Bertz CT molecular complexity index is 1040. The van der Waals surface area contributed by atoms with E-state index in [9.17, 15) is 13.6 Å². The molecule has 1 aliphatic rings. The van der Waals surface area contributed by atoms with E-state index in [0.717, 1.165) is 12.1 Å². The SMILES string of the molecule is COc1cccc(OCc2nnc3n2N(Cc2c(F)cccc2F)C(=O)CS3)c1. The van der Waals surface area contributed by atoms with Crippen molar-refractivity contribution >= 4 is 17.7 Å². The summed E-state index contributed by atoms with van der Waals surface area (Å²) >= 11 is 1.20. The van der Waals surface area contributed by atoms with E-state index in [1.165, 1.54) is 27.5 Å². The first-order valence-corrected chi connectivity index (χ1v) is 9.63. The number of rotatable bonds is 6. The van der Waals surface area contributed by atoms with Gasteiger partial charge in [0.05, 0.1) is 19.4 Å². The minimum absolute atomic E-state index is 0.00423. The average Bonchev–Trinajstić information content (AvgIpc) is 3.14. The maximum Gasteiger partial charge on any atom is 0.252 e. The maximum atomic E-state index is 14.1. The van der Waals surface area contributed by atoms with Gasteiger partial charge in [0, 0.05) is 11.6 Å². The third kappa shape index (κ3) is 3.88. The third-order valence-electron chi connectivity index (χ3n) is 4.31. The first-order valence-electron chi connectivity index (χ1n) is 8.64. The molecule has 0 N–H and O–H groups in total. The third-order valence-corrected chi connectivity index (χ3v) is 5.21. The van der Waals surface area contributed by atoms with E-state index in [1.807, 2.05) is 0 Å². The molecule has 0 atom stereocenters. The molecule has 29 heavy (non-hydrogen) atoms. The lowest BCUT2D eigenvalue weighted by Gasteiger charge is -2.29. The summed E-state index contributed by atoms with van der Waals surface area (Å²) in [5.41, 5.74) is -0.202. The summed E-state index contributed by atoms with van der Waals surface area (Å²) in [6.45, 7) is -0.278. The lowest BCUT2D eigenvalue weighted by molar-refractivity contribution is -0.118. The topological polar surface area (TPSA) is 69.5 Å². The Balaban J connectivity index is 1.61. The van der Waals surface area contributed by atoms with Crippen LogP contribution >= 0.6 is 11.8 Å². The Hall–Kier alpha value is -3.14. The fourth-order valence-electron chi connectivity index (χ4n) is 2.86. The van der Waals surface area contributed by atoms with E-state index in [-0.39, 0.29) is 30.4 Å². The van der Waals surface area contributed by atoms with Crippen LogP contribution in [0.15, 0.2) is 47.6 Å². The van der Waals surface area contributed by atoms with Crippen LogP contribution in [0.3, 0.4) is 0 Å². The Morgan fingerprint density at radius 1 is 1.10 bits per heavy atom. The number of ether oxygens (including phenoxy) is 2. The predicted molar refractivity (Wildman–Crippen MR) is 101 cm³/mol. The monoisotopic (exact) mass is 418 g/mol. The van der Waals surface area contributed by atoms with Crippen molar-refractivity contribution in [3.8, 4) is 11.5 Å². The van der Waals surface area contributed by atoms with Gasteiger partial charge in [-0.15, -0.1) is 10.2 Å².